The summed E-state index contributed by atoms with van der Waals surface area (Å²) in [4.78, 5) is 2.78. The Balaban J connectivity index is 1.90. The topological polar surface area (TPSA) is 15.3 Å². The lowest BCUT2D eigenvalue weighted by molar-refractivity contribution is 0.0939. The molecule has 1 aliphatic carbocycles. The Morgan fingerprint density at radius 2 is 2.00 bits per heavy atom. The van der Waals surface area contributed by atoms with Crippen molar-refractivity contribution in [3.8, 4) is 0 Å². The molecule has 2 fully saturated rings. The van der Waals surface area contributed by atoms with Crippen LogP contribution in [0.1, 0.15) is 59.3 Å². The van der Waals surface area contributed by atoms with Crippen molar-refractivity contribution >= 4 is 0 Å². The average Bonchev–Trinajstić information content (AvgIpc) is 2.78. The van der Waals surface area contributed by atoms with Crippen LogP contribution in [0.25, 0.3) is 0 Å². The molecule has 0 bridgehead atoms. The van der Waals surface area contributed by atoms with Gasteiger partial charge in [0.25, 0.3) is 0 Å². The molecule has 0 aromatic carbocycles. The van der Waals surface area contributed by atoms with Crippen LogP contribution in [0.2, 0.25) is 0 Å². The third-order valence-corrected chi connectivity index (χ3v) is 4.63. The van der Waals surface area contributed by atoms with E-state index in [4.69, 9.17) is 0 Å². The van der Waals surface area contributed by atoms with Crippen molar-refractivity contribution in [2.45, 2.75) is 77.4 Å². The van der Waals surface area contributed by atoms with Crippen LogP contribution in [-0.4, -0.2) is 36.1 Å². The maximum absolute atomic E-state index is 3.65. The highest BCUT2D eigenvalue weighted by Gasteiger charge is 2.28. The first-order chi connectivity index (χ1) is 8.16. The predicted octanol–water partition coefficient (Wildman–Crippen LogP) is 3.03. The van der Waals surface area contributed by atoms with Gasteiger partial charge < -0.3 is 5.32 Å². The Kier molecular flexibility index (Phi) is 4.87. The van der Waals surface area contributed by atoms with Gasteiger partial charge in [0.1, 0.15) is 0 Å². The van der Waals surface area contributed by atoms with E-state index in [-0.39, 0.29) is 0 Å². The summed E-state index contributed by atoms with van der Waals surface area (Å²) in [6.45, 7) is 9.67. The third-order valence-electron chi connectivity index (χ3n) is 4.63. The quantitative estimate of drug-likeness (QED) is 0.810. The van der Waals surface area contributed by atoms with Gasteiger partial charge in [0.15, 0.2) is 0 Å². The predicted molar refractivity (Wildman–Crippen MR) is 74.3 cm³/mol. The molecule has 0 radical (unpaired) electrons. The van der Waals surface area contributed by atoms with E-state index in [1.807, 2.05) is 0 Å². The smallest absolute Gasteiger partial charge is 0.0195 e. The summed E-state index contributed by atoms with van der Waals surface area (Å²) in [6.07, 6.45) is 8.49. The molecule has 0 spiro atoms. The molecule has 0 aromatic rings. The minimum atomic E-state index is 0.702. The van der Waals surface area contributed by atoms with Crippen LogP contribution in [0.3, 0.4) is 0 Å². The molecule has 17 heavy (non-hydrogen) atoms. The largest absolute Gasteiger partial charge is 0.313 e. The first kappa shape index (κ1) is 13.4. The van der Waals surface area contributed by atoms with Gasteiger partial charge >= 0.3 is 0 Å². The van der Waals surface area contributed by atoms with Crippen molar-refractivity contribution < 1.29 is 0 Å². The maximum Gasteiger partial charge on any atom is 0.0195 e. The van der Waals surface area contributed by atoms with E-state index in [1.165, 1.54) is 51.6 Å². The number of hydrogen-bond acceptors (Lipinski definition) is 2. The fourth-order valence-electron chi connectivity index (χ4n) is 3.65. The SMILES string of the molecule is CC1CCCC(N(CC2CCCN2)C(C)C)C1. The van der Waals surface area contributed by atoms with E-state index in [9.17, 15) is 0 Å². The van der Waals surface area contributed by atoms with Crippen molar-refractivity contribution in [3.63, 3.8) is 0 Å². The van der Waals surface area contributed by atoms with Crippen molar-refractivity contribution in [1.82, 2.24) is 10.2 Å². The van der Waals surface area contributed by atoms with Crippen molar-refractivity contribution in [3.05, 3.63) is 0 Å². The molecule has 1 saturated carbocycles. The van der Waals surface area contributed by atoms with Gasteiger partial charge in [-0.3, -0.25) is 4.90 Å². The molecular weight excluding hydrogens is 208 g/mol. The second kappa shape index (κ2) is 6.19. The molecule has 0 amide bonds. The normalized spacial score (nSPS) is 34.8. The molecular formula is C15H30N2. The molecule has 3 unspecified atom stereocenters. The number of hydrogen-bond donors (Lipinski definition) is 1. The summed E-state index contributed by atoms with van der Waals surface area (Å²) >= 11 is 0. The average molecular weight is 238 g/mol. The van der Waals surface area contributed by atoms with Crippen molar-refractivity contribution in [1.29, 1.82) is 0 Å². The lowest BCUT2D eigenvalue weighted by Crippen LogP contribution is -2.48. The van der Waals surface area contributed by atoms with Crippen molar-refractivity contribution in [2.75, 3.05) is 13.1 Å². The van der Waals surface area contributed by atoms with Crippen LogP contribution >= 0.6 is 0 Å². The zero-order chi connectivity index (χ0) is 12.3. The van der Waals surface area contributed by atoms with Crippen LogP contribution < -0.4 is 5.32 Å². The maximum atomic E-state index is 3.65. The first-order valence-corrected chi connectivity index (χ1v) is 7.66. The molecule has 1 aliphatic heterocycles. The number of nitrogens with one attached hydrogen (secondary N) is 1. The second-order valence-corrected chi connectivity index (χ2v) is 6.51. The standard InChI is InChI=1S/C15H30N2/c1-12(2)17(11-14-7-5-9-16-14)15-8-4-6-13(3)10-15/h12-16H,4-11H2,1-3H3. The van der Waals surface area contributed by atoms with Gasteiger partial charge in [-0.1, -0.05) is 19.8 Å². The first-order valence-electron chi connectivity index (χ1n) is 7.66. The highest BCUT2D eigenvalue weighted by molar-refractivity contribution is 4.85. The summed E-state index contributed by atoms with van der Waals surface area (Å²) in [7, 11) is 0. The zero-order valence-electron chi connectivity index (χ0n) is 11.9. The van der Waals surface area contributed by atoms with E-state index >= 15 is 0 Å². The van der Waals surface area contributed by atoms with Gasteiger partial charge in [-0.05, 0) is 52.0 Å². The second-order valence-electron chi connectivity index (χ2n) is 6.51. The molecule has 0 aromatic heterocycles. The lowest BCUT2D eigenvalue weighted by Gasteiger charge is -2.40. The molecule has 2 rings (SSSR count). The molecule has 1 saturated heterocycles. The summed E-state index contributed by atoms with van der Waals surface area (Å²) in [5, 5.41) is 3.65. The van der Waals surface area contributed by atoms with Gasteiger partial charge in [0.2, 0.25) is 0 Å². The van der Waals surface area contributed by atoms with Gasteiger partial charge in [-0.2, -0.15) is 0 Å². The summed E-state index contributed by atoms with van der Waals surface area (Å²) < 4.78 is 0. The monoisotopic (exact) mass is 238 g/mol. The van der Waals surface area contributed by atoms with E-state index in [0.717, 1.165) is 18.0 Å². The van der Waals surface area contributed by atoms with E-state index in [2.05, 4.69) is 31.0 Å². The summed E-state index contributed by atoms with van der Waals surface area (Å²) in [5.74, 6) is 0.937. The molecule has 2 aliphatic rings. The number of rotatable bonds is 4. The molecule has 1 N–H and O–H groups in total. The lowest BCUT2D eigenvalue weighted by atomic mass is 9.85. The minimum absolute atomic E-state index is 0.702. The van der Waals surface area contributed by atoms with Crippen LogP contribution in [0.5, 0.6) is 0 Å². The Morgan fingerprint density at radius 3 is 2.59 bits per heavy atom. The molecule has 100 valence electrons. The summed E-state index contributed by atoms with van der Waals surface area (Å²) in [6, 6.07) is 2.31. The third kappa shape index (κ3) is 3.69. The Morgan fingerprint density at radius 1 is 1.18 bits per heavy atom. The molecule has 3 atom stereocenters. The van der Waals surface area contributed by atoms with Crippen LogP contribution in [0, 0.1) is 5.92 Å². The van der Waals surface area contributed by atoms with Gasteiger partial charge in [0, 0.05) is 24.7 Å². The van der Waals surface area contributed by atoms with Crippen molar-refractivity contribution in [2.24, 2.45) is 5.92 Å². The number of nitrogens with zero attached hydrogens (tertiary/aromatic N) is 1. The molecule has 2 nitrogen and oxygen atoms in total. The van der Waals surface area contributed by atoms with Gasteiger partial charge in [-0.25, -0.2) is 0 Å². The highest BCUT2D eigenvalue weighted by Crippen LogP contribution is 2.29. The molecule has 2 heteroatoms. The summed E-state index contributed by atoms with van der Waals surface area (Å²) in [5.41, 5.74) is 0. The van der Waals surface area contributed by atoms with Gasteiger partial charge in [0.05, 0.1) is 0 Å². The highest BCUT2D eigenvalue weighted by atomic mass is 15.2. The van der Waals surface area contributed by atoms with Crippen LogP contribution in [0.4, 0.5) is 0 Å². The minimum Gasteiger partial charge on any atom is -0.313 e. The molecule has 1 heterocycles. The van der Waals surface area contributed by atoms with E-state index < -0.39 is 0 Å². The Labute approximate surface area is 107 Å². The van der Waals surface area contributed by atoms with Crippen LogP contribution in [-0.2, 0) is 0 Å². The van der Waals surface area contributed by atoms with Gasteiger partial charge in [-0.15, -0.1) is 0 Å². The zero-order valence-corrected chi connectivity index (χ0v) is 11.9. The van der Waals surface area contributed by atoms with E-state index in [0.29, 0.717) is 6.04 Å². The fraction of sp³-hybridized carbons (Fsp3) is 1.00. The van der Waals surface area contributed by atoms with E-state index in [1.54, 1.807) is 0 Å². The Bertz CT molecular complexity index is 221. The van der Waals surface area contributed by atoms with Crippen LogP contribution in [0.15, 0.2) is 0 Å². The fourth-order valence-corrected chi connectivity index (χ4v) is 3.65. The Hall–Kier alpha value is -0.0800.